The van der Waals surface area contributed by atoms with E-state index in [0.717, 1.165) is 41.5 Å². The van der Waals surface area contributed by atoms with Crippen LogP contribution in [-0.2, 0) is 9.47 Å². The van der Waals surface area contributed by atoms with Crippen molar-refractivity contribution in [1.29, 1.82) is 0 Å². The Morgan fingerprint density at radius 2 is 1.82 bits per heavy atom. The molecule has 0 atom stereocenters. The zero-order valence-electron chi connectivity index (χ0n) is 12.7. The summed E-state index contributed by atoms with van der Waals surface area (Å²) in [6.45, 7) is 3.71. The first-order valence-corrected chi connectivity index (χ1v) is 8.09. The van der Waals surface area contributed by atoms with E-state index in [0.29, 0.717) is 5.92 Å². The van der Waals surface area contributed by atoms with Crippen LogP contribution in [0, 0.1) is 5.92 Å². The summed E-state index contributed by atoms with van der Waals surface area (Å²) in [7, 11) is 0. The molecule has 4 heteroatoms. The van der Waals surface area contributed by atoms with Crippen LogP contribution < -0.4 is 0 Å². The molecule has 1 aliphatic rings. The van der Waals surface area contributed by atoms with Crippen LogP contribution in [0.3, 0.4) is 0 Å². The Kier molecular flexibility index (Phi) is 5.08. The van der Waals surface area contributed by atoms with Gasteiger partial charge in [-0.15, -0.1) is 0 Å². The van der Waals surface area contributed by atoms with E-state index in [4.69, 9.17) is 21.1 Å². The fourth-order valence-electron chi connectivity index (χ4n) is 2.65. The number of aromatic nitrogens is 1. The minimum Gasteiger partial charge on any atom is -0.348 e. The van der Waals surface area contributed by atoms with Crippen molar-refractivity contribution in [2.45, 2.75) is 26.1 Å². The van der Waals surface area contributed by atoms with Gasteiger partial charge in [-0.25, -0.2) is 0 Å². The van der Waals surface area contributed by atoms with Crippen LogP contribution in [0.4, 0.5) is 0 Å². The number of ether oxygens (including phenoxy) is 2. The standard InChI is InChI=1S/C18H20ClNO2/c1-2-3-13-11-21-18(22-12-13)15-6-9-17(20-10-15)14-4-7-16(19)8-5-14/h4-10,13,18H,2-3,11-12H2,1H3. The number of hydrogen-bond donors (Lipinski definition) is 0. The minimum atomic E-state index is -0.292. The maximum Gasteiger partial charge on any atom is 0.185 e. The van der Waals surface area contributed by atoms with E-state index >= 15 is 0 Å². The van der Waals surface area contributed by atoms with E-state index in [1.54, 1.807) is 0 Å². The Morgan fingerprint density at radius 3 is 2.41 bits per heavy atom. The fraction of sp³-hybridized carbons (Fsp3) is 0.389. The van der Waals surface area contributed by atoms with Crippen molar-refractivity contribution in [3.63, 3.8) is 0 Å². The monoisotopic (exact) mass is 317 g/mol. The van der Waals surface area contributed by atoms with Gasteiger partial charge in [0.2, 0.25) is 0 Å². The summed E-state index contributed by atoms with van der Waals surface area (Å²) in [5, 5.41) is 0.728. The van der Waals surface area contributed by atoms with Gasteiger partial charge >= 0.3 is 0 Å². The van der Waals surface area contributed by atoms with Gasteiger partial charge in [-0.1, -0.05) is 43.1 Å². The molecular weight excluding hydrogens is 298 g/mol. The highest BCUT2D eigenvalue weighted by molar-refractivity contribution is 6.30. The number of benzene rings is 1. The lowest BCUT2D eigenvalue weighted by molar-refractivity contribution is -0.206. The lowest BCUT2D eigenvalue weighted by Gasteiger charge is -2.29. The topological polar surface area (TPSA) is 31.4 Å². The zero-order valence-corrected chi connectivity index (χ0v) is 13.4. The van der Waals surface area contributed by atoms with E-state index in [1.807, 2.05) is 42.6 Å². The van der Waals surface area contributed by atoms with Crippen LogP contribution in [0.5, 0.6) is 0 Å². The minimum absolute atomic E-state index is 0.292. The molecule has 1 aromatic carbocycles. The van der Waals surface area contributed by atoms with E-state index in [9.17, 15) is 0 Å². The Hall–Kier alpha value is -1.42. The molecule has 1 aromatic heterocycles. The largest absolute Gasteiger partial charge is 0.348 e. The first-order valence-electron chi connectivity index (χ1n) is 7.71. The lowest BCUT2D eigenvalue weighted by atomic mass is 10.1. The maximum atomic E-state index is 5.91. The van der Waals surface area contributed by atoms with Gasteiger partial charge in [-0.2, -0.15) is 0 Å². The molecule has 0 aliphatic carbocycles. The van der Waals surface area contributed by atoms with Crippen molar-refractivity contribution in [2.24, 2.45) is 5.92 Å². The Morgan fingerprint density at radius 1 is 1.09 bits per heavy atom. The summed E-state index contributed by atoms with van der Waals surface area (Å²) >= 11 is 5.91. The third-order valence-electron chi connectivity index (χ3n) is 3.86. The number of hydrogen-bond acceptors (Lipinski definition) is 3. The van der Waals surface area contributed by atoms with Gasteiger partial charge in [0.1, 0.15) is 0 Å². The first kappa shape index (κ1) is 15.5. The van der Waals surface area contributed by atoms with Crippen LogP contribution in [0.2, 0.25) is 5.02 Å². The average molecular weight is 318 g/mol. The normalized spacial score (nSPS) is 21.7. The van der Waals surface area contributed by atoms with E-state index in [-0.39, 0.29) is 6.29 Å². The van der Waals surface area contributed by atoms with Crippen molar-refractivity contribution in [1.82, 2.24) is 4.98 Å². The Bertz CT molecular complexity index is 589. The predicted molar refractivity (Wildman–Crippen MR) is 87.7 cm³/mol. The molecule has 0 spiro atoms. The fourth-order valence-corrected chi connectivity index (χ4v) is 2.77. The molecular formula is C18H20ClNO2. The first-order chi connectivity index (χ1) is 10.8. The van der Waals surface area contributed by atoms with Crippen molar-refractivity contribution in [3.8, 4) is 11.3 Å². The summed E-state index contributed by atoms with van der Waals surface area (Å²) in [6.07, 6.45) is 3.86. The molecule has 1 aliphatic heterocycles. The molecule has 1 saturated heterocycles. The molecule has 116 valence electrons. The van der Waals surface area contributed by atoms with E-state index in [2.05, 4.69) is 11.9 Å². The van der Waals surface area contributed by atoms with E-state index in [1.165, 1.54) is 6.42 Å². The van der Waals surface area contributed by atoms with Gasteiger partial charge < -0.3 is 9.47 Å². The molecule has 0 radical (unpaired) electrons. The number of nitrogens with zero attached hydrogens (tertiary/aromatic N) is 1. The van der Waals surface area contributed by atoms with Gasteiger partial charge in [-0.3, -0.25) is 4.98 Å². The number of rotatable bonds is 4. The second kappa shape index (κ2) is 7.23. The summed E-state index contributed by atoms with van der Waals surface area (Å²) in [4.78, 5) is 4.51. The van der Waals surface area contributed by atoms with Crippen molar-refractivity contribution < 1.29 is 9.47 Å². The quantitative estimate of drug-likeness (QED) is 0.806. The molecule has 22 heavy (non-hydrogen) atoms. The van der Waals surface area contributed by atoms with Crippen LogP contribution in [0.15, 0.2) is 42.6 Å². The predicted octanol–water partition coefficient (Wildman–Crippen LogP) is 4.86. The molecule has 0 amide bonds. The lowest BCUT2D eigenvalue weighted by Crippen LogP contribution is -2.27. The van der Waals surface area contributed by atoms with Crippen molar-refractivity contribution >= 4 is 11.6 Å². The third kappa shape index (κ3) is 3.67. The number of halogens is 1. The summed E-state index contributed by atoms with van der Waals surface area (Å²) in [5.74, 6) is 0.516. The SMILES string of the molecule is CCCC1COC(c2ccc(-c3ccc(Cl)cc3)nc2)OC1. The smallest absolute Gasteiger partial charge is 0.185 e. The maximum absolute atomic E-state index is 5.91. The molecule has 0 saturated carbocycles. The van der Waals surface area contributed by atoms with Gasteiger partial charge in [0.25, 0.3) is 0 Å². The average Bonchev–Trinajstić information content (AvgIpc) is 2.57. The van der Waals surface area contributed by atoms with Gasteiger partial charge in [0.05, 0.1) is 18.9 Å². The molecule has 2 aromatic rings. The molecule has 0 N–H and O–H groups in total. The van der Waals surface area contributed by atoms with Crippen LogP contribution in [-0.4, -0.2) is 18.2 Å². The molecule has 2 heterocycles. The van der Waals surface area contributed by atoms with Gasteiger partial charge in [0.15, 0.2) is 6.29 Å². The van der Waals surface area contributed by atoms with Crippen LogP contribution in [0.1, 0.15) is 31.6 Å². The zero-order chi connectivity index (χ0) is 15.4. The van der Waals surface area contributed by atoms with E-state index < -0.39 is 0 Å². The third-order valence-corrected chi connectivity index (χ3v) is 4.11. The molecule has 1 fully saturated rings. The highest BCUT2D eigenvalue weighted by Gasteiger charge is 2.23. The highest BCUT2D eigenvalue weighted by atomic mass is 35.5. The number of pyridine rings is 1. The molecule has 3 nitrogen and oxygen atoms in total. The molecule has 0 unspecified atom stereocenters. The van der Waals surface area contributed by atoms with Crippen LogP contribution >= 0.6 is 11.6 Å². The summed E-state index contributed by atoms with van der Waals surface area (Å²) in [6, 6.07) is 11.7. The summed E-state index contributed by atoms with van der Waals surface area (Å²) < 4.78 is 11.6. The second-order valence-corrected chi connectivity index (χ2v) is 6.07. The summed E-state index contributed by atoms with van der Waals surface area (Å²) in [5.41, 5.74) is 2.93. The Labute approximate surface area is 136 Å². The van der Waals surface area contributed by atoms with Gasteiger partial charge in [0, 0.05) is 28.3 Å². The van der Waals surface area contributed by atoms with Crippen LogP contribution in [0.25, 0.3) is 11.3 Å². The van der Waals surface area contributed by atoms with Crippen molar-refractivity contribution in [3.05, 3.63) is 53.2 Å². The molecule has 0 bridgehead atoms. The Balaban J connectivity index is 1.66. The van der Waals surface area contributed by atoms with Gasteiger partial charge in [-0.05, 0) is 24.6 Å². The van der Waals surface area contributed by atoms with Crippen molar-refractivity contribution in [2.75, 3.05) is 13.2 Å². The highest BCUT2D eigenvalue weighted by Crippen LogP contribution is 2.28. The molecule has 3 rings (SSSR count). The second-order valence-electron chi connectivity index (χ2n) is 5.64.